The van der Waals surface area contributed by atoms with Crippen molar-refractivity contribution in [3.63, 3.8) is 0 Å². The lowest BCUT2D eigenvalue weighted by atomic mass is 10.1. The third kappa shape index (κ3) is 3.21. The molecule has 11 heteroatoms. The smallest absolute Gasteiger partial charge is 0.264 e. The van der Waals surface area contributed by atoms with E-state index in [1.807, 2.05) is 18.2 Å². The van der Waals surface area contributed by atoms with E-state index in [1.165, 1.54) is 13.6 Å². The van der Waals surface area contributed by atoms with Crippen molar-refractivity contribution in [3.05, 3.63) is 62.8 Å². The molecule has 0 amide bonds. The summed E-state index contributed by atoms with van der Waals surface area (Å²) in [6.07, 6.45) is 0.324. The third-order valence-electron chi connectivity index (χ3n) is 5.13. The standard InChI is InChI=1S/C19H21ClN6O3S/c1-12-16(17(20)24(3)23-12)30(28,29)25-10-9-15-14(11-25)18(27)26(19(21-2)22-15)13-7-5-4-6-8-13/h4-8H,9-11H2,1-3H3,(H,21,22). The molecule has 1 N–H and O–H groups in total. The zero-order valence-electron chi connectivity index (χ0n) is 16.8. The number of benzene rings is 1. The molecule has 0 saturated carbocycles. The fourth-order valence-electron chi connectivity index (χ4n) is 3.67. The Morgan fingerprint density at radius 2 is 1.90 bits per heavy atom. The maximum absolute atomic E-state index is 13.4. The van der Waals surface area contributed by atoms with Gasteiger partial charge in [-0.3, -0.25) is 9.48 Å². The highest BCUT2D eigenvalue weighted by atomic mass is 35.5. The molecule has 0 fully saturated rings. The monoisotopic (exact) mass is 448 g/mol. The van der Waals surface area contributed by atoms with E-state index >= 15 is 0 Å². The van der Waals surface area contributed by atoms with Crippen molar-refractivity contribution >= 4 is 27.6 Å². The third-order valence-corrected chi connectivity index (χ3v) is 7.67. The summed E-state index contributed by atoms with van der Waals surface area (Å²) < 4.78 is 30.6. The van der Waals surface area contributed by atoms with Crippen LogP contribution in [0.2, 0.25) is 5.15 Å². The van der Waals surface area contributed by atoms with Crippen molar-refractivity contribution in [1.82, 2.24) is 23.6 Å². The van der Waals surface area contributed by atoms with Crippen LogP contribution in [0.25, 0.3) is 5.69 Å². The summed E-state index contributed by atoms with van der Waals surface area (Å²) >= 11 is 6.20. The van der Waals surface area contributed by atoms with E-state index in [4.69, 9.17) is 11.6 Å². The van der Waals surface area contributed by atoms with E-state index in [9.17, 15) is 13.2 Å². The molecule has 0 unspecified atom stereocenters. The quantitative estimate of drug-likeness (QED) is 0.652. The van der Waals surface area contributed by atoms with Gasteiger partial charge in [0.2, 0.25) is 16.0 Å². The van der Waals surface area contributed by atoms with Gasteiger partial charge in [-0.15, -0.1) is 0 Å². The van der Waals surface area contributed by atoms with Gasteiger partial charge >= 0.3 is 0 Å². The van der Waals surface area contributed by atoms with Crippen molar-refractivity contribution in [2.24, 2.45) is 7.05 Å². The molecule has 30 heavy (non-hydrogen) atoms. The number of hydrogen-bond donors (Lipinski definition) is 1. The molecule has 1 aliphatic rings. The lowest BCUT2D eigenvalue weighted by Gasteiger charge is -2.28. The molecule has 0 aliphatic carbocycles. The number of aryl methyl sites for hydroxylation is 2. The topological polar surface area (TPSA) is 102 Å². The van der Waals surface area contributed by atoms with Gasteiger partial charge in [-0.25, -0.2) is 18.0 Å². The summed E-state index contributed by atoms with van der Waals surface area (Å²) in [5.74, 6) is 0.410. The molecule has 0 spiro atoms. The van der Waals surface area contributed by atoms with E-state index in [0.717, 1.165) is 0 Å². The van der Waals surface area contributed by atoms with Gasteiger partial charge in [-0.1, -0.05) is 29.8 Å². The van der Waals surface area contributed by atoms with E-state index < -0.39 is 10.0 Å². The normalized spacial score (nSPS) is 14.5. The number of nitrogens with one attached hydrogen (secondary N) is 1. The Labute approximate surface area is 179 Å². The molecule has 4 rings (SSSR count). The maximum Gasteiger partial charge on any atom is 0.264 e. The molecule has 0 saturated heterocycles. The Morgan fingerprint density at radius 1 is 1.20 bits per heavy atom. The Bertz CT molecular complexity index is 1280. The maximum atomic E-state index is 13.4. The fourth-order valence-corrected chi connectivity index (χ4v) is 5.79. The van der Waals surface area contributed by atoms with Crippen LogP contribution in [0.4, 0.5) is 5.95 Å². The van der Waals surface area contributed by atoms with Crippen LogP contribution in [0, 0.1) is 6.92 Å². The van der Waals surface area contributed by atoms with Crippen LogP contribution in [-0.2, 0) is 30.0 Å². The molecular formula is C19H21ClN6O3S. The van der Waals surface area contributed by atoms with Crippen LogP contribution in [-0.4, -0.2) is 45.6 Å². The van der Waals surface area contributed by atoms with E-state index in [2.05, 4.69) is 15.4 Å². The Balaban J connectivity index is 1.82. The van der Waals surface area contributed by atoms with Crippen LogP contribution >= 0.6 is 11.6 Å². The van der Waals surface area contributed by atoms with Gasteiger partial charge in [0.1, 0.15) is 10.0 Å². The lowest BCUT2D eigenvalue weighted by molar-refractivity contribution is 0.384. The van der Waals surface area contributed by atoms with Crippen LogP contribution in [0.15, 0.2) is 40.0 Å². The van der Waals surface area contributed by atoms with Crippen molar-refractivity contribution in [3.8, 4) is 5.69 Å². The molecule has 158 valence electrons. The van der Waals surface area contributed by atoms with Crippen LogP contribution in [0.5, 0.6) is 0 Å². The number of fused-ring (bicyclic) bond motifs is 1. The molecule has 0 bridgehead atoms. The summed E-state index contributed by atoms with van der Waals surface area (Å²) in [7, 11) is -0.649. The minimum absolute atomic E-state index is 0.0293. The Kier molecular flexibility index (Phi) is 5.16. The summed E-state index contributed by atoms with van der Waals surface area (Å²) in [6, 6.07) is 9.10. The number of anilines is 1. The zero-order chi connectivity index (χ0) is 21.6. The number of aromatic nitrogens is 4. The second kappa shape index (κ2) is 7.53. The van der Waals surface area contributed by atoms with Crippen LogP contribution in [0.3, 0.4) is 0 Å². The van der Waals surface area contributed by atoms with Gasteiger partial charge in [0.05, 0.1) is 22.6 Å². The summed E-state index contributed by atoms with van der Waals surface area (Å²) in [6.45, 7) is 1.72. The Hall–Kier alpha value is -2.69. The first kappa shape index (κ1) is 20.6. The van der Waals surface area contributed by atoms with Gasteiger partial charge in [0.25, 0.3) is 5.56 Å². The van der Waals surface area contributed by atoms with Crippen molar-refractivity contribution in [2.75, 3.05) is 18.9 Å². The van der Waals surface area contributed by atoms with Gasteiger partial charge in [0, 0.05) is 33.6 Å². The molecule has 2 aromatic heterocycles. The van der Waals surface area contributed by atoms with Crippen LogP contribution in [0.1, 0.15) is 17.0 Å². The van der Waals surface area contributed by atoms with Crippen molar-refractivity contribution in [2.45, 2.75) is 24.8 Å². The predicted molar refractivity (Wildman–Crippen MR) is 114 cm³/mol. The number of nitrogens with zero attached hydrogens (tertiary/aromatic N) is 5. The van der Waals surface area contributed by atoms with E-state index in [1.54, 1.807) is 33.2 Å². The van der Waals surface area contributed by atoms with Gasteiger partial charge in [0.15, 0.2) is 0 Å². The fraction of sp³-hybridized carbons (Fsp3) is 0.316. The van der Waals surface area contributed by atoms with Crippen molar-refractivity contribution in [1.29, 1.82) is 0 Å². The number of rotatable bonds is 4. The number of para-hydroxylation sites is 1. The summed E-state index contributed by atoms with van der Waals surface area (Å²) in [5, 5.41) is 7.11. The first-order valence-electron chi connectivity index (χ1n) is 9.33. The number of halogens is 1. The number of hydrogen-bond acceptors (Lipinski definition) is 6. The lowest BCUT2D eigenvalue weighted by Crippen LogP contribution is -2.41. The first-order valence-corrected chi connectivity index (χ1v) is 11.1. The minimum Gasteiger partial charge on any atom is -0.358 e. The average Bonchev–Trinajstić information content (AvgIpc) is 3.00. The molecule has 1 aliphatic heterocycles. The molecule has 1 aromatic carbocycles. The SMILES string of the molecule is CNc1nc2c(c(=O)n1-c1ccccc1)CN(S(=O)(=O)c1c(C)nn(C)c1Cl)CC2. The van der Waals surface area contributed by atoms with Crippen molar-refractivity contribution < 1.29 is 8.42 Å². The zero-order valence-corrected chi connectivity index (χ0v) is 18.3. The largest absolute Gasteiger partial charge is 0.358 e. The van der Waals surface area contributed by atoms with E-state index in [-0.39, 0.29) is 28.7 Å². The van der Waals surface area contributed by atoms with Crippen LogP contribution < -0.4 is 10.9 Å². The Morgan fingerprint density at radius 3 is 2.50 bits per heavy atom. The van der Waals surface area contributed by atoms with Gasteiger partial charge < -0.3 is 5.32 Å². The van der Waals surface area contributed by atoms with Gasteiger partial charge in [-0.2, -0.15) is 9.40 Å². The molecule has 0 atom stereocenters. The molecule has 9 nitrogen and oxygen atoms in total. The molecule has 3 aromatic rings. The highest BCUT2D eigenvalue weighted by Gasteiger charge is 2.35. The van der Waals surface area contributed by atoms with E-state index in [0.29, 0.717) is 35.0 Å². The second-order valence-corrected chi connectivity index (χ2v) is 9.24. The highest BCUT2D eigenvalue weighted by Crippen LogP contribution is 2.30. The molecular weight excluding hydrogens is 428 g/mol. The minimum atomic E-state index is -3.93. The second-order valence-electron chi connectivity index (χ2n) is 7.00. The predicted octanol–water partition coefficient (Wildman–Crippen LogP) is 1.72. The molecule has 3 heterocycles. The average molecular weight is 449 g/mol. The number of sulfonamides is 1. The first-order chi connectivity index (χ1) is 14.3. The highest BCUT2D eigenvalue weighted by molar-refractivity contribution is 7.89. The molecule has 0 radical (unpaired) electrons. The van der Waals surface area contributed by atoms with Gasteiger partial charge in [-0.05, 0) is 19.1 Å². The summed E-state index contributed by atoms with van der Waals surface area (Å²) in [5.41, 5.74) is 1.61. The summed E-state index contributed by atoms with van der Waals surface area (Å²) in [4.78, 5) is 17.9.